The highest BCUT2D eigenvalue weighted by Gasteiger charge is 2.24. The smallest absolute Gasteiger partial charge is 0.339 e. The number of carboxylic acid groups (broad SMARTS) is 1. The molecule has 0 atom stereocenters. The fraction of sp³-hybridized carbons (Fsp3) is 0.133. The number of carbonyl (C=O) groups excluding carboxylic acids is 2. The zero-order valence-corrected chi connectivity index (χ0v) is 12.9. The summed E-state index contributed by atoms with van der Waals surface area (Å²) in [5, 5.41) is 18.3. The second kappa shape index (κ2) is 6.57. The number of carbonyl (C=O) groups is 3. The van der Waals surface area contributed by atoms with Gasteiger partial charge in [0.15, 0.2) is 0 Å². The molecule has 1 aromatic rings. The van der Waals surface area contributed by atoms with E-state index in [4.69, 9.17) is 5.11 Å². The average Bonchev–Trinajstić information content (AvgIpc) is 2.48. The molecule has 2 rings (SSSR count). The van der Waals surface area contributed by atoms with Crippen LogP contribution in [0.1, 0.15) is 22.3 Å². The first-order valence-electron chi connectivity index (χ1n) is 6.36. The average molecular weight is 366 g/mol. The highest BCUT2D eigenvalue weighted by atomic mass is 79.9. The van der Waals surface area contributed by atoms with Gasteiger partial charge in [0.25, 0.3) is 11.8 Å². The van der Waals surface area contributed by atoms with E-state index in [0.717, 1.165) is 4.90 Å². The minimum Gasteiger partial charge on any atom is -0.507 e. The number of phenols is 1. The SMILES string of the molecule is O=C(O)c1cc(C=CC(=O)N2CCC=C(Br)C2=O)ccc1O. The minimum atomic E-state index is -1.26. The van der Waals surface area contributed by atoms with Gasteiger partial charge in [0.05, 0.1) is 4.48 Å². The van der Waals surface area contributed by atoms with Crippen LogP contribution in [-0.4, -0.2) is 39.4 Å². The molecule has 2 N–H and O–H groups in total. The molecule has 2 amide bonds. The number of benzene rings is 1. The molecule has 0 bridgehead atoms. The van der Waals surface area contributed by atoms with Crippen LogP contribution in [0.25, 0.3) is 6.08 Å². The molecule has 114 valence electrons. The molecule has 1 aliphatic rings. The van der Waals surface area contributed by atoms with Gasteiger partial charge >= 0.3 is 5.97 Å². The van der Waals surface area contributed by atoms with E-state index < -0.39 is 17.8 Å². The van der Waals surface area contributed by atoms with Crippen LogP contribution < -0.4 is 0 Å². The van der Waals surface area contributed by atoms with E-state index in [1.807, 2.05) is 0 Å². The number of rotatable bonds is 3. The van der Waals surface area contributed by atoms with Crippen molar-refractivity contribution in [2.75, 3.05) is 6.54 Å². The number of aromatic carboxylic acids is 1. The Balaban J connectivity index is 2.17. The van der Waals surface area contributed by atoms with Gasteiger partial charge in [0.1, 0.15) is 11.3 Å². The van der Waals surface area contributed by atoms with Crippen molar-refractivity contribution in [1.82, 2.24) is 4.90 Å². The summed E-state index contributed by atoms with van der Waals surface area (Å²) in [6.07, 6.45) is 4.87. The Kier molecular flexibility index (Phi) is 4.77. The normalized spacial score (nSPS) is 15.0. The molecule has 0 aromatic heterocycles. The summed E-state index contributed by atoms with van der Waals surface area (Å²) in [7, 11) is 0. The van der Waals surface area contributed by atoms with Crippen molar-refractivity contribution >= 4 is 39.8 Å². The molecule has 0 saturated heterocycles. The number of amides is 2. The minimum absolute atomic E-state index is 0.255. The standard InChI is InChI=1S/C15H12BrNO5/c16-11-2-1-7-17(14(11)20)13(19)6-4-9-3-5-12(18)10(8-9)15(21)22/h2-6,8,18H,1,7H2,(H,21,22). The Bertz CT molecular complexity index is 708. The van der Waals surface area contributed by atoms with E-state index in [1.165, 1.54) is 30.4 Å². The van der Waals surface area contributed by atoms with Gasteiger partial charge in [0.2, 0.25) is 0 Å². The number of imide groups is 1. The second-order valence-corrected chi connectivity index (χ2v) is 5.41. The van der Waals surface area contributed by atoms with Crippen LogP contribution in [0.3, 0.4) is 0 Å². The van der Waals surface area contributed by atoms with Crippen LogP contribution in [-0.2, 0) is 9.59 Å². The van der Waals surface area contributed by atoms with Crippen molar-refractivity contribution in [3.05, 3.63) is 46.0 Å². The van der Waals surface area contributed by atoms with Gasteiger partial charge in [-0.05, 0) is 46.1 Å². The molecule has 0 radical (unpaired) electrons. The van der Waals surface area contributed by atoms with Gasteiger partial charge < -0.3 is 10.2 Å². The van der Waals surface area contributed by atoms with Crippen molar-refractivity contribution in [2.45, 2.75) is 6.42 Å². The lowest BCUT2D eigenvalue weighted by Crippen LogP contribution is -2.38. The first-order chi connectivity index (χ1) is 10.4. The Morgan fingerprint density at radius 1 is 1.32 bits per heavy atom. The summed E-state index contributed by atoms with van der Waals surface area (Å²) in [6.45, 7) is 0.299. The van der Waals surface area contributed by atoms with E-state index >= 15 is 0 Å². The van der Waals surface area contributed by atoms with Gasteiger partial charge in [-0.2, -0.15) is 0 Å². The van der Waals surface area contributed by atoms with Crippen molar-refractivity contribution in [2.24, 2.45) is 0 Å². The van der Waals surface area contributed by atoms with Crippen molar-refractivity contribution in [3.8, 4) is 5.75 Å². The molecule has 0 unspecified atom stereocenters. The van der Waals surface area contributed by atoms with E-state index in [0.29, 0.717) is 23.0 Å². The molecule has 22 heavy (non-hydrogen) atoms. The zero-order valence-electron chi connectivity index (χ0n) is 11.3. The van der Waals surface area contributed by atoms with Crippen LogP contribution >= 0.6 is 15.9 Å². The number of nitrogens with zero attached hydrogens (tertiary/aromatic N) is 1. The molecular formula is C15H12BrNO5. The van der Waals surface area contributed by atoms with Gasteiger partial charge in [-0.1, -0.05) is 12.1 Å². The fourth-order valence-corrected chi connectivity index (χ4v) is 2.38. The first-order valence-corrected chi connectivity index (χ1v) is 7.15. The quantitative estimate of drug-likeness (QED) is 0.800. The fourth-order valence-electron chi connectivity index (χ4n) is 1.93. The summed E-state index contributed by atoms with van der Waals surface area (Å²) < 4.78 is 0.346. The largest absolute Gasteiger partial charge is 0.507 e. The molecule has 0 saturated carbocycles. The molecule has 0 fully saturated rings. The second-order valence-electron chi connectivity index (χ2n) is 4.55. The topological polar surface area (TPSA) is 94.9 Å². The van der Waals surface area contributed by atoms with E-state index in [9.17, 15) is 19.5 Å². The van der Waals surface area contributed by atoms with Gasteiger partial charge in [0, 0.05) is 12.6 Å². The van der Waals surface area contributed by atoms with Crippen LogP contribution in [0.5, 0.6) is 5.75 Å². The number of halogens is 1. The summed E-state index contributed by atoms with van der Waals surface area (Å²) in [4.78, 5) is 35.8. The van der Waals surface area contributed by atoms with Crippen molar-refractivity contribution in [1.29, 1.82) is 0 Å². The molecule has 0 spiro atoms. The molecule has 6 nitrogen and oxygen atoms in total. The monoisotopic (exact) mass is 365 g/mol. The molecule has 1 aliphatic heterocycles. The Labute approximate surface area is 134 Å². The zero-order chi connectivity index (χ0) is 16.3. The maximum absolute atomic E-state index is 12.0. The predicted octanol–water partition coefficient (Wildman–Crippen LogP) is 2.14. The molecule has 1 aromatic carbocycles. The molecule has 0 aliphatic carbocycles. The highest BCUT2D eigenvalue weighted by Crippen LogP contribution is 2.20. The number of hydrogen-bond acceptors (Lipinski definition) is 4. The highest BCUT2D eigenvalue weighted by molar-refractivity contribution is 9.12. The first kappa shape index (κ1) is 16.0. The lowest BCUT2D eigenvalue weighted by atomic mass is 10.1. The Hall–Kier alpha value is -2.41. The lowest BCUT2D eigenvalue weighted by Gasteiger charge is -2.21. The van der Waals surface area contributed by atoms with E-state index in [2.05, 4.69) is 15.9 Å². The van der Waals surface area contributed by atoms with E-state index in [1.54, 1.807) is 6.08 Å². The molecule has 7 heteroatoms. The number of carboxylic acids is 1. The maximum atomic E-state index is 12.0. The van der Waals surface area contributed by atoms with Gasteiger partial charge in [-0.3, -0.25) is 14.5 Å². The molecule has 1 heterocycles. The third-order valence-corrected chi connectivity index (χ3v) is 3.72. The summed E-state index contributed by atoms with van der Waals surface area (Å²) in [5.41, 5.74) is 0.178. The summed E-state index contributed by atoms with van der Waals surface area (Å²) in [6, 6.07) is 3.95. The van der Waals surface area contributed by atoms with Crippen molar-refractivity contribution < 1.29 is 24.6 Å². The third kappa shape index (κ3) is 3.43. The number of aromatic hydroxyl groups is 1. The van der Waals surface area contributed by atoms with Gasteiger partial charge in [-0.15, -0.1) is 0 Å². The Morgan fingerprint density at radius 2 is 2.05 bits per heavy atom. The van der Waals surface area contributed by atoms with Crippen molar-refractivity contribution in [3.63, 3.8) is 0 Å². The van der Waals surface area contributed by atoms with Gasteiger partial charge in [-0.25, -0.2) is 4.79 Å². The number of hydrogen-bond donors (Lipinski definition) is 2. The maximum Gasteiger partial charge on any atom is 0.339 e. The predicted molar refractivity (Wildman–Crippen MR) is 82.4 cm³/mol. The third-order valence-electron chi connectivity index (χ3n) is 3.06. The van der Waals surface area contributed by atoms with Crippen LogP contribution in [0.15, 0.2) is 34.8 Å². The van der Waals surface area contributed by atoms with E-state index in [-0.39, 0.29) is 11.3 Å². The lowest BCUT2D eigenvalue weighted by molar-refractivity contribution is -0.139. The summed E-state index contributed by atoms with van der Waals surface area (Å²) in [5.74, 6) is -2.51. The molecular weight excluding hydrogens is 354 g/mol. The summed E-state index contributed by atoms with van der Waals surface area (Å²) >= 11 is 3.09. The van der Waals surface area contributed by atoms with Crippen LogP contribution in [0.4, 0.5) is 0 Å². The Morgan fingerprint density at radius 3 is 2.73 bits per heavy atom. The van der Waals surface area contributed by atoms with Crippen LogP contribution in [0, 0.1) is 0 Å². The van der Waals surface area contributed by atoms with Crippen LogP contribution in [0.2, 0.25) is 0 Å².